The molecule has 1 saturated heterocycles. The van der Waals surface area contributed by atoms with Gasteiger partial charge < -0.3 is 10.5 Å². The van der Waals surface area contributed by atoms with Crippen LogP contribution in [-0.2, 0) is 11.3 Å². The van der Waals surface area contributed by atoms with E-state index in [9.17, 15) is 0 Å². The molecule has 4 heteroatoms. The standard InChI is InChI=1S/C15H23N3O/c1-10-6-13(15(16)17)4-5-14(10)9-18-7-11(2)19-12(3)8-18/h4-6,11-12H,7-9H2,1-3H3,(H3,16,17)/t11-,12+. The van der Waals surface area contributed by atoms with E-state index < -0.39 is 0 Å². The number of nitrogens with two attached hydrogens (primary N) is 1. The molecular weight excluding hydrogens is 238 g/mol. The van der Waals surface area contributed by atoms with Gasteiger partial charge in [0.15, 0.2) is 0 Å². The molecule has 1 aliphatic heterocycles. The molecule has 0 amide bonds. The molecule has 0 radical (unpaired) electrons. The second kappa shape index (κ2) is 5.72. The predicted octanol–water partition coefficient (Wildman–Crippen LogP) is 1.89. The quantitative estimate of drug-likeness (QED) is 0.645. The maximum Gasteiger partial charge on any atom is 0.122 e. The van der Waals surface area contributed by atoms with Gasteiger partial charge in [0.25, 0.3) is 0 Å². The third kappa shape index (κ3) is 3.55. The first-order valence-electron chi connectivity index (χ1n) is 6.77. The Morgan fingerprint density at radius 1 is 1.37 bits per heavy atom. The third-order valence-corrected chi connectivity index (χ3v) is 3.54. The number of ether oxygens (including phenoxy) is 1. The maximum absolute atomic E-state index is 7.46. The zero-order chi connectivity index (χ0) is 14.0. The van der Waals surface area contributed by atoms with Gasteiger partial charge >= 0.3 is 0 Å². The highest BCUT2D eigenvalue weighted by Crippen LogP contribution is 2.17. The SMILES string of the molecule is Cc1cc(C(=N)N)ccc1CN1C[C@@H](C)O[C@@H](C)C1. The summed E-state index contributed by atoms with van der Waals surface area (Å²) in [6.45, 7) is 9.19. The Kier molecular flexibility index (Phi) is 4.22. The van der Waals surface area contributed by atoms with Crippen LogP contribution in [0.2, 0.25) is 0 Å². The van der Waals surface area contributed by atoms with E-state index in [-0.39, 0.29) is 5.84 Å². The van der Waals surface area contributed by atoms with Crippen LogP contribution in [0.5, 0.6) is 0 Å². The molecule has 3 N–H and O–H groups in total. The first-order valence-corrected chi connectivity index (χ1v) is 6.77. The van der Waals surface area contributed by atoms with Crippen molar-refractivity contribution in [1.82, 2.24) is 4.90 Å². The van der Waals surface area contributed by atoms with Crippen molar-refractivity contribution in [1.29, 1.82) is 5.41 Å². The Labute approximate surface area is 115 Å². The predicted molar refractivity (Wildman–Crippen MR) is 77.5 cm³/mol. The molecular formula is C15H23N3O. The van der Waals surface area contributed by atoms with Crippen molar-refractivity contribution in [2.45, 2.75) is 39.5 Å². The molecule has 0 bridgehead atoms. The van der Waals surface area contributed by atoms with Gasteiger partial charge in [0.1, 0.15) is 5.84 Å². The van der Waals surface area contributed by atoms with Crippen LogP contribution in [0.25, 0.3) is 0 Å². The first-order chi connectivity index (χ1) is 8.95. The van der Waals surface area contributed by atoms with Gasteiger partial charge in [-0.05, 0) is 38.0 Å². The molecule has 19 heavy (non-hydrogen) atoms. The van der Waals surface area contributed by atoms with E-state index in [0.717, 1.165) is 25.2 Å². The van der Waals surface area contributed by atoms with E-state index in [2.05, 4.69) is 31.7 Å². The van der Waals surface area contributed by atoms with Gasteiger partial charge in [0.2, 0.25) is 0 Å². The van der Waals surface area contributed by atoms with Crippen LogP contribution in [0.1, 0.15) is 30.5 Å². The van der Waals surface area contributed by atoms with Crippen molar-refractivity contribution in [3.63, 3.8) is 0 Å². The molecule has 0 saturated carbocycles. The fourth-order valence-corrected chi connectivity index (χ4v) is 2.70. The van der Waals surface area contributed by atoms with E-state index in [1.807, 2.05) is 12.1 Å². The van der Waals surface area contributed by atoms with Crippen LogP contribution in [0.3, 0.4) is 0 Å². The second-order valence-electron chi connectivity index (χ2n) is 5.51. The molecule has 0 spiro atoms. The lowest BCUT2D eigenvalue weighted by Crippen LogP contribution is -2.44. The van der Waals surface area contributed by atoms with Crippen molar-refractivity contribution in [2.24, 2.45) is 5.73 Å². The Bertz CT molecular complexity index is 462. The average Bonchev–Trinajstić information content (AvgIpc) is 2.30. The second-order valence-corrected chi connectivity index (χ2v) is 5.51. The minimum atomic E-state index is 0.128. The normalized spacial score (nSPS) is 24.4. The van der Waals surface area contributed by atoms with E-state index in [1.165, 1.54) is 11.1 Å². The zero-order valence-electron chi connectivity index (χ0n) is 11.9. The van der Waals surface area contributed by atoms with Crippen LogP contribution < -0.4 is 5.73 Å². The number of amidine groups is 1. The van der Waals surface area contributed by atoms with Crippen molar-refractivity contribution < 1.29 is 4.74 Å². The molecule has 1 aliphatic rings. The fraction of sp³-hybridized carbons (Fsp3) is 0.533. The number of rotatable bonds is 3. The van der Waals surface area contributed by atoms with Gasteiger partial charge in [0, 0.05) is 25.2 Å². The fourth-order valence-electron chi connectivity index (χ4n) is 2.70. The highest BCUT2D eigenvalue weighted by molar-refractivity contribution is 5.95. The first kappa shape index (κ1) is 14.0. The molecule has 1 fully saturated rings. The van der Waals surface area contributed by atoms with Crippen LogP contribution in [0.15, 0.2) is 18.2 Å². The van der Waals surface area contributed by atoms with Crippen molar-refractivity contribution in [2.75, 3.05) is 13.1 Å². The molecule has 0 aromatic heterocycles. The van der Waals surface area contributed by atoms with Gasteiger partial charge in [-0.3, -0.25) is 10.3 Å². The molecule has 2 rings (SSSR count). The van der Waals surface area contributed by atoms with E-state index >= 15 is 0 Å². The van der Waals surface area contributed by atoms with Gasteiger partial charge in [0.05, 0.1) is 12.2 Å². The largest absolute Gasteiger partial charge is 0.384 e. The highest BCUT2D eigenvalue weighted by Gasteiger charge is 2.22. The smallest absolute Gasteiger partial charge is 0.122 e. The van der Waals surface area contributed by atoms with Crippen molar-refractivity contribution in [3.05, 3.63) is 34.9 Å². The number of hydrogen-bond acceptors (Lipinski definition) is 3. The lowest BCUT2D eigenvalue weighted by Gasteiger charge is -2.35. The summed E-state index contributed by atoms with van der Waals surface area (Å²) in [4.78, 5) is 2.43. The molecule has 2 atom stereocenters. The summed E-state index contributed by atoms with van der Waals surface area (Å²) in [6.07, 6.45) is 0.584. The van der Waals surface area contributed by atoms with Crippen molar-refractivity contribution in [3.8, 4) is 0 Å². The molecule has 1 heterocycles. The number of hydrogen-bond donors (Lipinski definition) is 2. The zero-order valence-corrected chi connectivity index (χ0v) is 11.9. The molecule has 104 valence electrons. The molecule has 1 aromatic rings. The van der Waals surface area contributed by atoms with Gasteiger partial charge in [-0.1, -0.05) is 12.1 Å². The van der Waals surface area contributed by atoms with Gasteiger partial charge in [-0.2, -0.15) is 0 Å². The summed E-state index contributed by atoms with van der Waals surface area (Å²) >= 11 is 0. The molecule has 0 unspecified atom stereocenters. The Balaban J connectivity index is 2.08. The van der Waals surface area contributed by atoms with Gasteiger partial charge in [-0.25, -0.2) is 0 Å². The summed E-state index contributed by atoms with van der Waals surface area (Å²) in [6, 6.07) is 6.00. The lowest BCUT2D eigenvalue weighted by atomic mass is 10.0. The molecule has 0 aliphatic carbocycles. The minimum absolute atomic E-state index is 0.128. The summed E-state index contributed by atoms with van der Waals surface area (Å²) in [5.74, 6) is 0.128. The summed E-state index contributed by atoms with van der Waals surface area (Å²) < 4.78 is 5.75. The van der Waals surface area contributed by atoms with E-state index in [1.54, 1.807) is 0 Å². The number of benzene rings is 1. The molecule has 1 aromatic carbocycles. The lowest BCUT2D eigenvalue weighted by molar-refractivity contribution is -0.0705. The topological polar surface area (TPSA) is 62.3 Å². The number of morpholine rings is 1. The highest BCUT2D eigenvalue weighted by atomic mass is 16.5. The Morgan fingerprint density at radius 3 is 2.53 bits per heavy atom. The number of nitrogen functional groups attached to an aromatic ring is 1. The van der Waals surface area contributed by atoms with Gasteiger partial charge in [-0.15, -0.1) is 0 Å². The monoisotopic (exact) mass is 261 g/mol. The van der Waals surface area contributed by atoms with E-state index in [4.69, 9.17) is 15.9 Å². The van der Waals surface area contributed by atoms with Crippen LogP contribution >= 0.6 is 0 Å². The Hall–Kier alpha value is -1.39. The third-order valence-electron chi connectivity index (χ3n) is 3.54. The van der Waals surface area contributed by atoms with Crippen molar-refractivity contribution >= 4 is 5.84 Å². The summed E-state index contributed by atoms with van der Waals surface area (Å²) in [5, 5.41) is 7.46. The summed E-state index contributed by atoms with van der Waals surface area (Å²) in [7, 11) is 0. The van der Waals surface area contributed by atoms with Crippen LogP contribution in [0.4, 0.5) is 0 Å². The Morgan fingerprint density at radius 2 is 2.00 bits per heavy atom. The number of nitrogens with one attached hydrogen (secondary N) is 1. The minimum Gasteiger partial charge on any atom is -0.384 e. The van der Waals surface area contributed by atoms with Crippen LogP contribution in [0, 0.1) is 12.3 Å². The maximum atomic E-state index is 7.46. The number of aryl methyl sites for hydroxylation is 1. The van der Waals surface area contributed by atoms with E-state index in [0.29, 0.717) is 12.2 Å². The average molecular weight is 261 g/mol. The van der Waals surface area contributed by atoms with Crippen LogP contribution in [-0.4, -0.2) is 36.0 Å². The number of nitrogens with zero attached hydrogens (tertiary/aromatic N) is 1. The molecule has 4 nitrogen and oxygen atoms in total. The summed E-state index contributed by atoms with van der Waals surface area (Å²) in [5.41, 5.74) is 8.80.